The molecule has 1 N–H and O–H groups in total. The van der Waals surface area contributed by atoms with E-state index in [9.17, 15) is 9.59 Å². The highest BCUT2D eigenvalue weighted by Crippen LogP contribution is 2.29. The van der Waals surface area contributed by atoms with Gasteiger partial charge in [-0.05, 0) is 65.6 Å². The number of carbonyl (C=O) groups excluding carboxylic acids is 2. The molecule has 34 heavy (non-hydrogen) atoms. The Morgan fingerprint density at radius 1 is 0.882 bits per heavy atom. The Kier molecular flexibility index (Phi) is 7.69. The van der Waals surface area contributed by atoms with Crippen molar-refractivity contribution in [1.29, 1.82) is 0 Å². The summed E-state index contributed by atoms with van der Waals surface area (Å²) in [6, 6.07) is 24.9. The van der Waals surface area contributed by atoms with Crippen molar-refractivity contribution in [3.05, 3.63) is 95.0 Å². The number of amides is 2. The second-order valence-electron chi connectivity index (χ2n) is 9.29. The molecule has 1 saturated heterocycles. The summed E-state index contributed by atoms with van der Waals surface area (Å²) in [6.45, 7) is 5.33. The minimum atomic E-state index is -0.556. The molecule has 5 heteroatoms. The van der Waals surface area contributed by atoms with E-state index in [1.165, 1.54) is 5.56 Å². The first-order valence-corrected chi connectivity index (χ1v) is 12.3. The van der Waals surface area contributed by atoms with E-state index in [0.29, 0.717) is 24.6 Å². The number of benzene rings is 3. The van der Waals surface area contributed by atoms with Crippen molar-refractivity contribution in [2.45, 2.75) is 38.6 Å². The van der Waals surface area contributed by atoms with Gasteiger partial charge in [-0.2, -0.15) is 0 Å². The van der Waals surface area contributed by atoms with Gasteiger partial charge in [-0.25, -0.2) is 0 Å². The Labute approximate surface area is 206 Å². The molecule has 1 aliphatic rings. The zero-order valence-corrected chi connectivity index (χ0v) is 20.5. The lowest BCUT2D eigenvalue weighted by molar-refractivity contribution is -0.135. The second kappa shape index (κ2) is 10.9. The zero-order valence-electron chi connectivity index (χ0n) is 19.7. The van der Waals surface area contributed by atoms with Gasteiger partial charge in [-0.15, -0.1) is 0 Å². The number of carbonyl (C=O) groups is 2. The number of likely N-dealkylation sites (tertiary alicyclic amines) is 1. The minimum Gasteiger partial charge on any atom is -0.341 e. The van der Waals surface area contributed by atoms with Gasteiger partial charge in [0.25, 0.3) is 5.91 Å². The van der Waals surface area contributed by atoms with Crippen LogP contribution < -0.4 is 5.32 Å². The standard InChI is InChI=1S/C29H31ClN2O2/c1-20(2)27(29(34)32-17-15-23(16-18-32)22-11-13-26(30)14-12-22)31-28(33)25-10-6-9-24(19-25)21-7-4-3-5-8-21/h3-14,19-20,23,27H,15-18H2,1-2H3,(H,31,33)/t27-/m1/s1. The third-order valence-corrected chi connectivity index (χ3v) is 6.85. The van der Waals surface area contributed by atoms with Gasteiger partial charge >= 0.3 is 0 Å². The average Bonchev–Trinajstić information content (AvgIpc) is 2.88. The van der Waals surface area contributed by atoms with Crippen LogP contribution in [0.3, 0.4) is 0 Å². The van der Waals surface area contributed by atoms with Crippen LogP contribution in [0.25, 0.3) is 11.1 Å². The van der Waals surface area contributed by atoms with Crippen molar-refractivity contribution in [2.75, 3.05) is 13.1 Å². The molecule has 2 amide bonds. The van der Waals surface area contributed by atoms with E-state index in [1.807, 2.05) is 79.4 Å². The maximum Gasteiger partial charge on any atom is 0.251 e. The largest absolute Gasteiger partial charge is 0.341 e. The Morgan fingerprint density at radius 2 is 1.53 bits per heavy atom. The van der Waals surface area contributed by atoms with Crippen LogP contribution >= 0.6 is 11.6 Å². The Morgan fingerprint density at radius 3 is 2.18 bits per heavy atom. The molecule has 176 valence electrons. The predicted octanol–water partition coefficient (Wildman–Crippen LogP) is 6.17. The number of nitrogens with one attached hydrogen (secondary N) is 1. The van der Waals surface area contributed by atoms with Crippen molar-refractivity contribution >= 4 is 23.4 Å². The van der Waals surface area contributed by atoms with E-state index < -0.39 is 6.04 Å². The molecule has 4 nitrogen and oxygen atoms in total. The van der Waals surface area contributed by atoms with Crippen LogP contribution in [0.15, 0.2) is 78.9 Å². The molecule has 0 saturated carbocycles. The highest BCUT2D eigenvalue weighted by atomic mass is 35.5. The van der Waals surface area contributed by atoms with E-state index >= 15 is 0 Å². The number of hydrogen-bond acceptors (Lipinski definition) is 2. The first kappa shape index (κ1) is 24.0. The fraction of sp³-hybridized carbons (Fsp3) is 0.310. The smallest absolute Gasteiger partial charge is 0.251 e. The van der Waals surface area contributed by atoms with Crippen LogP contribution in [0.1, 0.15) is 48.5 Å². The van der Waals surface area contributed by atoms with Crippen LogP contribution in [-0.4, -0.2) is 35.8 Å². The summed E-state index contributed by atoms with van der Waals surface area (Å²) in [5, 5.41) is 3.75. The van der Waals surface area contributed by atoms with Gasteiger partial charge in [0.05, 0.1) is 0 Å². The van der Waals surface area contributed by atoms with Gasteiger partial charge in [-0.3, -0.25) is 9.59 Å². The molecular weight excluding hydrogens is 444 g/mol. The number of nitrogens with zero attached hydrogens (tertiary/aromatic N) is 1. The molecule has 0 aliphatic carbocycles. The number of rotatable bonds is 6. The molecule has 1 heterocycles. The van der Waals surface area contributed by atoms with E-state index in [1.54, 1.807) is 6.07 Å². The molecule has 0 unspecified atom stereocenters. The Bertz CT molecular complexity index is 1120. The van der Waals surface area contributed by atoms with E-state index in [2.05, 4.69) is 17.4 Å². The van der Waals surface area contributed by atoms with Gasteiger partial charge in [0.2, 0.25) is 5.91 Å². The zero-order chi connectivity index (χ0) is 24.1. The maximum atomic E-state index is 13.4. The quantitative estimate of drug-likeness (QED) is 0.464. The van der Waals surface area contributed by atoms with E-state index in [-0.39, 0.29) is 17.7 Å². The second-order valence-corrected chi connectivity index (χ2v) is 9.73. The predicted molar refractivity (Wildman–Crippen MR) is 138 cm³/mol. The first-order valence-electron chi connectivity index (χ1n) is 11.9. The minimum absolute atomic E-state index is 0.00267. The van der Waals surface area contributed by atoms with Crippen LogP contribution in [0, 0.1) is 5.92 Å². The summed E-state index contributed by atoms with van der Waals surface area (Å²) in [7, 11) is 0. The molecule has 1 fully saturated rings. The number of halogens is 1. The first-order chi connectivity index (χ1) is 16.4. The summed E-state index contributed by atoms with van der Waals surface area (Å²) in [4.78, 5) is 28.4. The highest BCUT2D eigenvalue weighted by molar-refractivity contribution is 6.30. The van der Waals surface area contributed by atoms with Crippen LogP contribution in [0.2, 0.25) is 5.02 Å². The van der Waals surface area contributed by atoms with E-state index in [4.69, 9.17) is 11.6 Å². The van der Waals surface area contributed by atoms with Gasteiger partial charge in [0.1, 0.15) is 6.04 Å². The Balaban J connectivity index is 1.41. The Hall–Kier alpha value is -3.11. The van der Waals surface area contributed by atoms with Crippen molar-refractivity contribution in [3.8, 4) is 11.1 Å². The molecule has 0 aromatic heterocycles. The fourth-order valence-corrected chi connectivity index (χ4v) is 4.70. The van der Waals surface area contributed by atoms with Crippen molar-refractivity contribution in [3.63, 3.8) is 0 Å². The molecule has 1 atom stereocenters. The topological polar surface area (TPSA) is 49.4 Å². The van der Waals surface area contributed by atoms with Gasteiger partial charge < -0.3 is 10.2 Å². The fourth-order valence-electron chi connectivity index (χ4n) is 4.57. The molecule has 1 aliphatic heterocycles. The van der Waals surface area contributed by atoms with Gasteiger partial charge in [0.15, 0.2) is 0 Å². The van der Waals surface area contributed by atoms with Gasteiger partial charge in [0, 0.05) is 23.7 Å². The normalized spacial score (nSPS) is 15.2. The molecule has 0 spiro atoms. The van der Waals surface area contributed by atoms with E-state index in [0.717, 1.165) is 29.0 Å². The molecule has 3 aromatic rings. The van der Waals surface area contributed by atoms with Crippen molar-refractivity contribution in [1.82, 2.24) is 10.2 Å². The summed E-state index contributed by atoms with van der Waals surface area (Å²) < 4.78 is 0. The molecule has 4 rings (SSSR count). The number of hydrogen-bond donors (Lipinski definition) is 1. The lowest BCUT2D eigenvalue weighted by Gasteiger charge is -2.35. The molecule has 3 aromatic carbocycles. The third-order valence-electron chi connectivity index (χ3n) is 6.60. The molecule has 0 radical (unpaired) electrons. The summed E-state index contributed by atoms with van der Waals surface area (Å²) in [5.74, 6) is 0.190. The average molecular weight is 475 g/mol. The van der Waals surface area contributed by atoms with Crippen molar-refractivity contribution in [2.24, 2.45) is 5.92 Å². The summed E-state index contributed by atoms with van der Waals surface area (Å²) >= 11 is 6.02. The third kappa shape index (κ3) is 5.68. The SMILES string of the molecule is CC(C)[C@@H](NC(=O)c1cccc(-c2ccccc2)c1)C(=O)N1CCC(c2ccc(Cl)cc2)CC1. The maximum absolute atomic E-state index is 13.4. The summed E-state index contributed by atoms with van der Waals surface area (Å²) in [6.07, 6.45) is 1.82. The van der Waals surface area contributed by atoms with Crippen LogP contribution in [0.4, 0.5) is 0 Å². The lowest BCUT2D eigenvalue weighted by Crippen LogP contribution is -2.52. The molecule has 0 bridgehead atoms. The molecular formula is C29H31ClN2O2. The van der Waals surface area contributed by atoms with Crippen LogP contribution in [0.5, 0.6) is 0 Å². The highest BCUT2D eigenvalue weighted by Gasteiger charge is 2.31. The number of piperidine rings is 1. The van der Waals surface area contributed by atoms with Crippen molar-refractivity contribution < 1.29 is 9.59 Å². The lowest BCUT2D eigenvalue weighted by atomic mass is 9.89. The van der Waals surface area contributed by atoms with Crippen LogP contribution in [-0.2, 0) is 4.79 Å². The monoisotopic (exact) mass is 474 g/mol. The van der Waals surface area contributed by atoms with Gasteiger partial charge in [-0.1, -0.05) is 80.0 Å². The summed E-state index contributed by atoms with van der Waals surface area (Å²) in [5.41, 5.74) is 3.85.